The highest BCUT2D eigenvalue weighted by atomic mass is 15.0. The van der Waals surface area contributed by atoms with Gasteiger partial charge in [0.2, 0.25) is 0 Å². The van der Waals surface area contributed by atoms with Crippen LogP contribution >= 0.6 is 0 Å². The van der Waals surface area contributed by atoms with Gasteiger partial charge in [0.05, 0.1) is 0 Å². The SMILES string of the molecule is CC(C)n1cc(C2(CN)CCCC2)c2ccccc21. The Bertz CT molecular complexity index is 574. The fraction of sp³-hybridized carbons (Fsp3) is 0.529. The minimum absolute atomic E-state index is 0.222. The topological polar surface area (TPSA) is 30.9 Å². The van der Waals surface area contributed by atoms with Crippen molar-refractivity contribution >= 4 is 10.9 Å². The van der Waals surface area contributed by atoms with E-state index in [1.54, 1.807) is 0 Å². The van der Waals surface area contributed by atoms with Gasteiger partial charge in [0.25, 0.3) is 0 Å². The van der Waals surface area contributed by atoms with Gasteiger partial charge in [0, 0.05) is 35.1 Å². The predicted octanol–water partition coefficient (Wildman–Crippen LogP) is 3.99. The maximum Gasteiger partial charge on any atom is 0.0485 e. The maximum absolute atomic E-state index is 6.17. The summed E-state index contributed by atoms with van der Waals surface area (Å²) in [5.74, 6) is 0. The Hall–Kier alpha value is -1.28. The molecule has 19 heavy (non-hydrogen) atoms. The molecule has 102 valence electrons. The Labute approximate surface area is 115 Å². The van der Waals surface area contributed by atoms with Gasteiger partial charge in [0.15, 0.2) is 0 Å². The molecule has 1 aliphatic rings. The van der Waals surface area contributed by atoms with Crippen LogP contribution in [0.3, 0.4) is 0 Å². The van der Waals surface area contributed by atoms with E-state index in [9.17, 15) is 0 Å². The van der Waals surface area contributed by atoms with Crippen LogP contribution < -0.4 is 5.73 Å². The first-order chi connectivity index (χ1) is 9.18. The Morgan fingerprint density at radius 3 is 2.53 bits per heavy atom. The molecule has 0 spiro atoms. The number of para-hydroxylation sites is 1. The second-order valence-electron chi connectivity index (χ2n) is 6.25. The van der Waals surface area contributed by atoms with Gasteiger partial charge in [-0.2, -0.15) is 0 Å². The second-order valence-corrected chi connectivity index (χ2v) is 6.25. The Morgan fingerprint density at radius 2 is 1.89 bits per heavy atom. The van der Waals surface area contributed by atoms with E-state index in [1.807, 2.05) is 0 Å². The largest absolute Gasteiger partial charge is 0.345 e. The van der Waals surface area contributed by atoms with Crippen molar-refractivity contribution in [2.75, 3.05) is 6.54 Å². The third kappa shape index (κ3) is 1.90. The lowest BCUT2D eigenvalue weighted by Crippen LogP contribution is -2.31. The van der Waals surface area contributed by atoms with Crippen LogP contribution in [0.15, 0.2) is 30.5 Å². The normalized spacial score (nSPS) is 18.5. The smallest absolute Gasteiger partial charge is 0.0485 e. The van der Waals surface area contributed by atoms with E-state index in [0.29, 0.717) is 6.04 Å². The minimum atomic E-state index is 0.222. The van der Waals surface area contributed by atoms with Gasteiger partial charge in [-0.05, 0) is 38.3 Å². The van der Waals surface area contributed by atoms with Crippen molar-refractivity contribution in [2.45, 2.75) is 51.0 Å². The minimum Gasteiger partial charge on any atom is -0.345 e. The first kappa shape index (κ1) is 12.7. The lowest BCUT2D eigenvalue weighted by molar-refractivity contribution is 0.454. The molecule has 2 N–H and O–H groups in total. The van der Waals surface area contributed by atoms with E-state index < -0.39 is 0 Å². The number of nitrogens with two attached hydrogens (primary N) is 1. The Morgan fingerprint density at radius 1 is 1.21 bits per heavy atom. The number of hydrogen-bond acceptors (Lipinski definition) is 1. The number of benzene rings is 1. The average Bonchev–Trinajstić information content (AvgIpc) is 3.03. The van der Waals surface area contributed by atoms with Crippen molar-refractivity contribution < 1.29 is 0 Å². The molecule has 0 amide bonds. The molecule has 1 aromatic carbocycles. The fourth-order valence-corrected chi connectivity index (χ4v) is 3.69. The van der Waals surface area contributed by atoms with Crippen molar-refractivity contribution in [3.63, 3.8) is 0 Å². The van der Waals surface area contributed by atoms with Gasteiger partial charge < -0.3 is 10.3 Å². The molecule has 1 fully saturated rings. The molecular weight excluding hydrogens is 232 g/mol. The van der Waals surface area contributed by atoms with E-state index in [0.717, 1.165) is 6.54 Å². The average molecular weight is 256 g/mol. The summed E-state index contributed by atoms with van der Waals surface area (Å²) in [5.41, 5.74) is 9.23. The van der Waals surface area contributed by atoms with Crippen LogP contribution in [0.2, 0.25) is 0 Å². The van der Waals surface area contributed by atoms with Gasteiger partial charge >= 0.3 is 0 Å². The van der Waals surface area contributed by atoms with Crippen molar-refractivity contribution in [2.24, 2.45) is 5.73 Å². The van der Waals surface area contributed by atoms with Crippen LogP contribution in [0.25, 0.3) is 10.9 Å². The molecule has 0 bridgehead atoms. The van der Waals surface area contributed by atoms with Crippen molar-refractivity contribution in [3.8, 4) is 0 Å². The molecule has 0 radical (unpaired) electrons. The molecule has 2 aromatic rings. The zero-order valence-corrected chi connectivity index (χ0v) is 12.0. The van der Waals surface area contributed by atoms with Crippen LogP contribution in [0.5, 0.6) is 0 Å². The van der Waals surface area contributed by atoms with Crippen LogP contribution in [0.1, 0.15) is 51.1 Å². The summed E-state index contributed by atoms with van der Waals surface area (Å²) in [7, 11) is 0. The van der Waals surface area contributed by atoms with E-state index in [-0.39, 0.29) is 5.41 Å². The highest BCUT2D eigenvalue weighted by Crippen LogP contribution is 2.44. The van der Waals surface area contributed by atoms with E-state index in [2.05, 4.69) is 48.9 Å². The summed E-state index contributed by atoms with van der Waals surface area (Å²) in [5, 5.41) is 1.41. The van der Waals surface area contributed by atoms with Crippen LogP contribution in [0, 0.1) is 0 Å². The molecule has 2 heteroatoms. The van der Waals surface area contributed by atoms with Gasteiger partial charge in [-0.25, -0.2) is 0 Å². The summed E-state index contributed by atoms with van der Waals surface area (Å²) in [6.45, 7) is 5.28. The second kappa shape index (κ2) is 4.68. The number of hydrogen-bond donors (Lipinski definition) is 1. The maximum atomic E-state index is 6.17. The molecule has 2 nitrogen and oxygen atoms in total. The molecule has 1 aliphatic carbocycles. The Kier molecular flexibility index (Phi) is 3.14. The van der Waals surface area contributed by atoms with E-state index in [4.69, 9.17) is 5.73 Å². The Balaban J connectivity index is 2.23. The number of rotatable bonds is 3. The zero-order valence-electron chi connectivity index (χ0n) is 12.0. The lowest BCUT2D eigenvalue weighted by Gasteiger charge is -2.27. The molecule has 0 unspecified atom stereocenters. The zero-order chi connectivity index (χ0) is 13.5. The summed E-state index contributed by atoms with van der Waals surface area (Å²) in [6, 6.07) is 9.27. The van der Waals surface area contributed by atoms with Gasteiger partial charge in [-0.15, -0.1) is 0 Å². The van der Waals surface area contributed by atoms with Gasteiger partial charge in [0.1, 0.15) is 0 Å². The van der Waals surface area contributed by atoms with Crippen LogP contribution in [0.4, 0.5) is 0 Å². The summed E-state index contributed by atoms with van der Waals surface area (Å²) >= 11 is 0. The number of nitrogens with zero attached hydrogens (tertiary/aromatic N) is 1. The van der Waals surface area contributed by atoms with Crippen molar-refractivity contribution in [1.29, 1.82) is 0 Å². The highest BCUT2D eigenvalue weighted by molar-refractivity contribution is 5.85. The molecular formula is C17H24N2. The number of fused-ring (bicyclic) bond motifs is 1. The number of aromatic nitrogens is 1. The van der Waals surface area contributed by atoms with Crippen molar-refractivity contribution in [3.05, 3.63) is 36.0 Å². The third-order valence-electron chi connectivity index (χ3n) is 4.82. The quantitative estimate of drug-likeness (QED) is 0.884. The molecule has 3 rings (SSSR count). The lowest BCUT2D eigenvalue weighted by atomic mass is 9.79. The fourth-order valence-electron chi connectivity index (χ4n) is 3.69. The molecule has 1 heterocycles. The van der Waals surface area contributed by atoms with Gasteiger partial charge in [-0.3, -0.25) is 0 Å². The standard InChI is InChI=1S/C17H24N2/c1-13(2)19-11-15(14-7-3-4-8-16(14)19)17(12-18)9-5-6-10-17/h3-4,7-8,11,13H,5-6,9-10,12,18H2,1-2H3. The molecule has 0 saturated heterocycles. The summed E-state index contributed by atoms with van der Waals surface area (Å²) < 4.78 is 2.40. The van der Waals surface area contributed by atoms with Crippen LogP contribution in [-0.4, -0.2) is 11.1 Å². The van der Waals surface area contributed by atoms with Crippen LogP contribution in [-0.2, 0) is 5.41 Å². The molecule has 1 aromatic heterocycles. The summed E-state index contributed by atoms with van der Waals surface area (Å²) in [6.07, 6.45) is 7.50. The molecule has 0 atom stereocenters. The van der Waals surface area contributed by atoms with E-state index >= 15 is 0 Å². The summed E-state index contributed by atoms with van der Waals surface area (Å²) in [4.78, 5) is 0. The first-order valence-electron chi connectivity index (χ1n) is 7.48. The molecule has 0 aliphatic heterocycles. The highest BCUT2D eigenvalue weighted by Gasteiger charge is 2.36. The molecule has 1 saturated carbocycles. The predicted molar refractivity (Wildman–Crippen MR) is 81.5 cm³/mol. The van der Waals surface area contributed by atoms with Crippen molar-refractivity contribution in [1.82, 2.24) is 4.57 Å². The monoisotopic (exact) mass is 256 g/mol. The third-order valence-corrected chi connectivity index (χ3v) is 4.82. The van der Waals surface area contributed by atoms with E-state index in [1.165, 1.54) is 42.1 Å². The first-order valence-corrected chi connectivity index (χ1v) is 7.48. The van der Waals surface area contributed by atoms with Gasteiger partial charge in [-0.1, -0.05) is 31.0 Å².